The van der Waals surface area contributed by atoms with Crippen LogP contribution < -0.4 is 0 Å². The number of hydrogen-bond donors (Lipinski definition) is 2. The summed E-state index contributed by atoms with van der Waals surface area (Å²) in [6, 6.07) is 0. The monoisotopic (exact) mass is 284 g/mol. The van der Waals surface area contributed by atoms with Gasteiger partial charge in [-0.15, -0.1) is 0 Å². The van der Waals surface area contributed by atoms with Crippen LogP contribution >= 0.6 is 0 Å². The van der Waals surface area contributed by atoms with Crippen molar-refractivity contribution in [2.24, 2.45) is 15.9 Å². The second kappa shape index (κ2) is 36.0. The molecule has 8 nitrogen and oxygen atoms in total. The molecule has 1 atom stereocenters. The fourth-order valence-electron chi connectivity index (χ4n) is 0.849. The van der Waals surface area contributed by atoms with Gasteiger partial charge in [-0.1, -0.05) is 20.8 Å². The second-order valence-corrected chi connectivity index (χ2v) is 2.86. The summed E-state index contributed by atoms with van der Waals surface area (Å²) in [5, 5.41) is 10.8. The average molecular weight is 284 g/mol. The lowest BCUT2D eigenvalue weighted by Crippen LogP contribution is -1.99. The zero-order valence-electron chi connectivity index (χ0n) is 11.9. The van der Waals surface area contributed by atoms with Crippen LogP contribution in [-0.4, -0.2) is 37.4 Å². The highest BCUT2D eigenvalue weighted by Gasteiger charge is 1.99. The highest BCUT2D eigenvalue weighted by Crippen LogP contribution is 2.04. The van der Waals surface area contributed by atoms with Gasteiger partial charge in [0.25, 0.3) is 0 Å². The molecule has 0 rings (SSSR count). The van der Waals surface area contributed by atoms with Crippen LogP contribution in [0.25, 0.3) is 0 Å². The molecule has 1 unspecified atom stereocenters. The number of hydrogen-bond acceptors (Lipinski definition) is 8. The Morgan fingerprint density at radius 3 is 1.70 bits per heavy atom. The summed E-state index contributed by atoms with van der Waals surface area (Å²) < 4.78 is 0. The standard InChI is InChI=1S/C8H12N2O2.C2H6.2CHNO/c1-8(5-10-7-12)3-2-4-9-6-11;1-2;2*2-1-3/h8H,2-5H2,1H3;1-2H3;2*2H. The van der Waals surface area contributed by atoms with E-state index < -0.39 is 0 Å². The highest BCUT2D eigenvalue weighted by atomic mass is 16.1. The molecule has 0 aromatic heterocycles. The molecule has 0 saturated carbocycles. The van der Waals surface area contributed by atoms with Gasteiger partial charge in [-0.05, 0) is 18.8 Å². The van der Waals surface area contributed by atoms with Crippen molar-refractivity contribution in [3.8, 4) is 0 Å². The molecule has 112 valence electrons. The minimum absolute atomic E-state index is 0.355. The van der Waals surface area contributed by atoms with Gasteiger partial charge >= 0.3 is 0 Å². The smallest absolute Gasteiger partial charge is 0.222 e. The molecule has 0 aromatic carbocycles. The minimum Gasteiger partial charge on any atom is -0.222 e. The van der Waals surface area contributed by atoms with Gasteiger partial charge in [-0.25, -0.2) is 40.0 Å². The van der Waals surface area contributed by atoms with Crippen LogP contribution in [0.15, 0.2) is 9.98 Å². The molecule has 2 N–H and O–H groups in total. The molecule has 0 aliphatic rings. The topological polar surface area (TPSA) is 141 Å². The molecule has 0 heterocycles. The number of carbonyl (C=O) groups excluding carboxylic acids is 4. The highest BCUT2D eigenvalue weighted by molar-refractivity contribution is 5.33. The summed E-state index contributed by atoms with van der Waals surface area (Å²) in [4.78, 5) is 42.9. The molecule has 0 aliphatic heterocycles. The molecule has 0 bridgehead atoms. The lowest BCUT2D eigenvalue weighted by molar-refractivity contribution is 0.516. The summed E-state index contributed by atoms with van der Waals surface area (Å²) >= 11 is 0. The van der Waals surface area contributed by atoms with E-state index in [9.17, 15) is 9.59 Å². The van der Waals surface area contributed by atoms with Gasteiger partial charge in [0.05, 0.1) is 13.1 Å². The Bertz CT molecular complexity index is 334. The van der Waals surface area contributed by atoms with Crippen LogP contribution in [0, 0.1) is 16.7 Å². The third-order valence-electron chi connectivity index (χ3n) is 1.50. The Balaban J connectivity index is -0.000000133. The van der Waals surface area contributed by atoms with Crippen molar-refractivity contribution >= 4 is 24.3 Å². The lowest BCUT2D eigenvalue weighted by Gasteiger charge is -2.03. The van der Waals surface area contributed by atoms with Crippen LogP contribution in [0.5, 0.6) is 0 Å². The molecule has 0 fully saturated rings. The maximum absolute atomic E-state index is 9.72. The summed E-state index contributed by atoms with van der Waals surface area (Å²) in [7, 11) is 0. The Kier molecular flexibility index (Phi) is 47.0. The lowest BCUT2D eigenvalue weighted by atomic mass is 10.1. The zero-order chi connectivity index (χ0) is 16.6. The van der Waals surface area contributed by atoms with Crippen LogP contribution in [0.4, 0.5) is 0 Å². The van der Waals surface area contributed by atoms with Gasteiger partial charge in [-0.3, -0.25) is 0 Å². The van der Waals surface area contributed by atoms with Crippen LogP contribution in [0.3, 0.4) is 0 Å². The van der Waals surface area contributed by atoms with E-state index in [0.29, 0.717) is 19.0 Å². The van der Waals surface area contributed by atoms with Gasteiger partial charge in [-0.2, -0.15) is 0 Å². The van der Waals surface area contributed by atoms with Crippen LogP contribution in [0.1, 0.15) is 33.6 Å². The minimum atomic E-state index is 0.355. The molecule has 0 radical (unpaired) electrons. The SMILES string of the molecule is CC.CC(CCCN=C=O)CN=C=O.N=C=O.N=C=O. The van der Waals surface area contributed by atoms with Crippen LogP contribution in [0.2, 0.25) is 0 Å². The fraction of sp³-hybridized carbons (Fsp3) is 0.667. The molecular formula is C12H20N4O4. The van der Waals surface area contributed by atoms with E-state index >= 15 is 0 Å². The number of nitrogens with zero attached hydrogens (tertiary/aromatic N) is 2. The first-order valence-corrected chi connectivity index (χ1v) is 5.79. The van der Waals surface area contributed by atoms with Crippen molar-refractivity contribution in [3.63, 3.8) is 0 Å². The van der Waals surface area contributed by atoms with E-state index in [-0.39, 0.29) is 0 Å². The zero-order valence-corrected chi connectivity index (χ0v) is 11.9. The number of aliphatic imine (C=N–C) groups is 2. The third kappa shape index (κ3) is 57.9. The first-order valence-electron chi connectivity index (χ1n) is 5.79. The summed E-state index contributed by atoms with van der Waals surface area (Å²) in [5.74, 6) is 0.355. The number of rotatable bonds is 6. The fourth-order valence-corrected chi connectivity index (χ4v) is 0.849. The van der Waals surface area contributed by atoms with Gasteiger partial charge in [0.1, 0.15) is 0 Å². The van der Waals surface area contributed by atoms with Gasteiger partial charge < -0.3 is 0 Å². The van der Waals surface area contributed by atoms with E-state index in [4.69, 9.17) is 20.4 Å². The quantitative estimate of drug-likeness (QED) is 0.436. The predicted molar refractivity (Wildman–Crippen MR) is 72.5 cm³/mol. The van der Waals surface area contributed by atoms with Gasteiger partial charge in [0.2, 0.25) is 24.3 Å². The second-order valence-electron chi connectivity index (χ2n) is 2.86. The van der Waals surface area contributed by atoms with Crippen molar-refractivity contribution in [1.29, 1.82) is 10.8 Å². The molecule has 8 heteroatoms. The molecule has 0 amide bonds. The van der Waals surface area contributed by atoms with Crippen LogP contribution in [-0.2, 0) is 19.2 Å². The summed E-state index contributed by atoms with van der Waals surface area (Å²) in [5.41, 5.74) is 0. The van der Waals surface area contributed by atoms with E-state index in [0.717, 1.165) is 25.0 Å². The third-order valence-corrected chi connectivity index (χ3v) is 1.50. The van der Waals surface area contributed by atoms with Crippen molar-refractivity contribution in [2.75, 3.05) is 13.1 Å². The molecule has 0 saturated heterocycles. The molecule has 0 aliphatic carbocycles. The molecular weight excluding hydrogens is 264 g/mol. The largest absolute Gasteiger partial charge is 0.234 e. The first-order chi connectivity index (χ1) is 9.64. The Morgan fingerprint density at radius 1 is 0.950 bits per heavy atom. The average Bonchev–Trinajstić information content (AvgIpc) is 2.45. The maximum Gasteiger partial charge on any atom is 0.234 e. The maximum atomic E-state index is 9.72. The van der Waals surface area contributed by atoms with Crippen molar-refractivity contribution in [3.05, 3.63) is 0 Å². The van der Waals surface area contributed by atoms with E-state index in [2.05, 4.69) is 9.98 Å². The predicted octanol–water partition coefficient (Wildman–Crippen LogP) is 1.90. The Labute approximate surface area is 118 Å². The summed E-state index contributed by atoms with van der Waals surface area (Å²) in [6.45, 7) is 7.01. The van der Waals surface area contributed by atoms with Crippen molar-refractivity contribution < 1.29 is 19.2 Å². The van der Waals surface area contributed by atoms with E-state index in [1.54, 1.807) is 0 Å². The Morgan fingerprint density at radius 2 is 1.35 bits per heavy atom. The number of isocyanates is 4. The Hall–Kier alpha value is -2.48. The van der Waals surface area contributed by atoms with Gasteiger partial charge in [0.15, 0.2) is 0 Å². The summed E-state index contributed by atoms with van der Waals surface area (Å²) in [6.07, 6.45) is 6.21. The van der Waals surface area contributed by atoms with E-state index in [1.165, 1.54) is 12.2 Å². The molecule has 0 spiro atoms. The first kappa shape index (κ1) is 26.2. The number of nitrogens with one attached hydrogen (secondary N) is 2. The molecule has 20 heavy (non-hydrogen) atoms. The van der Waals surface area contributed by atoms with Crippen molar-refractivity contribution in [1.82, 2.24) is 0 Å². The molecule has 0 aromatic rings. The van der Waals surface area contributed by atoms with Crippen molar-refractivity contribution in [2.45, 2.75) is 33.6 Å². The van der Waals surface area contributed by atoms with Gasteiger partial charge in [0, 0.05) is 0 Å². The van der Waals surface area contributed by atoms with E-state index in [1.807, 2.05) is 20.8 Å². The normalized spacial score (nSPS) is 7.75.